The molecule has 0 amide bonds. The summed E-state index contributed by atoms with van der Waals surface area (Å²) in [6, 6.07) is 4.64. The van der Waals surface area contributed by atoms with E-state index in [1.165, 1.54) is 0 Å². The lowest BCUT2D eigenvalue weighted by Crippen LogP contribution is -2.46. The molecule has 0 aliphatic heterocycles. The van der Waals surface area contributed by atoms with Crippen LogP contribution in [0.2, 0.25) is 0 Å². The number of para-hydroxylation sites is 1. The Kier molecular flexibility index (Phi) is 4.98. The Hall–Kier alpha value is -2.05. The first-order valence-electron chi connectivity index (χ1n) is 6.11. The van der Waals surface area contributed by atoms with E-state index in [1.807, 2.05) is 6.07 Å². The van der Waals surface area contributed by atoms with Crippen molar-refractivity contribution in [2.24, 2.45) is 0 Å². The van der Waals surface area contributed by atoms with Crippen LogP contribution in [0.4, 0.5) is 10.1 Å². The van der Waals surface area contributed by atoms with Crippen molar-refractivity contribution in [3.63, 3.8) is 0 Å². The van der Waals surface area contributed by atoms with Crippen LogP contribution in [-0.2, 0) is 10.0 Å². The fraction of sp³-hybridized carbons (Fsp3) is 0.417. The standard InChI is InChI=1S/C12H14FN3O4S/c1-3-12(4-2,8-14)15-21(19,20)10-7-5-6-9(13)11(10)16(17)18/h5-7,15H,3-4H2,1-2H3. The van der Waals surface area contributed by atoms with Crippen LogP contribution >= 0.6 is 0 Å². The van der Waals surface area contributed by atoms with Crippen LogP contribution < -0.4 is 4.72 Å². The van der Waals surface area contributed by atoms with Crippen LogP contribution in [0.15, 0.2) is 23.1 Å². The van der Waals surface area contributed by atoms with E-state index < -0.39 is 36.9 Å². The smallest absolute Gasteiger partial charge is 0.258 e. The van der Waals surface area contributed by atoms with Crippen LogP contribution in [0.5, 0.6) is 0 Å². The van der Waals surface area contributed by atoms with Crippen molar-refractivity contribution >= 4 is 15.7 Å². The van der Waals surface area contributed by atoms with E-state index in [2.05, 4.69) is 4.72 Å². The maximum Gasteiger partial charge on any atom is 0.324 e. The van der Waals surface area contributed by atoms with E-state index in [0.717, 1.165) is 18.2 Å². The summed E-state index contributed by atoms with van der Waals surface area (Å²) < 4.78 is 40.2. The Bertz CT molecular complexity index is 693. The molecule has 0 spiro atoms. The van der Waals surface area contributed by atoms with Crippen LogP contribution in [0.3, 0.4) is 0 Å². The SMILES string of the molecule is CCC(C#N)(CC)NS(=O)(=O)c1cccc(F)c1[N+](=O)[O-]. The molecule has 9 heteroatoms. The molecule has 0 saturated carbocycles. The van der Waals surface area contributed by atoms with Gasteiger partial charge in [0.1, 0.15) is 5.54 Å². The molecule has 0 bridgehead atoms. The number of nitro benzene ring substituents is 1. The number of hydrogen-bond acceptors (Lipinski definition) is 5. The van der Waals surface area contributed by atoms with Gasteiger partial charge in [0.25, 0.3) is 0 Å². The van der Waals surface area contributed by atoms with Gasteiger partial charge in [-0.25, -0.2) is 8.42 Å². The molecule has 0 heterocycles. The molecule has 0 saturated heterocycles. The average Bonchev–Trinajstić information content (AvgIpc) is 2.44. The summed E-state index contributed by atoms with van der Waals surface area (Å²) in [6.07, 6.45) is 0.338. The highest BCUT2D eigenvalue weighted by molar-refractivity contribution is 7.89. The molecule has 0 aromatic heterocycles. The number of benzene rings is 1. The summed E-state index contributed by atoms with van der Waals surface area (Å²) in [7, 11) is -4.41. The summed E-state index contributed by atoms with van der Waals surface area (Å²) in [5, 5.41) is 20.0. The van der Waals surface area contributed by atoms with E-state index in [1.54, 1.807) is 13.8 Å². The van der Waals surface area contributed by atoms with Crippen molar-refractivity contribution < 1.29 is 17.7 Å². The minimum absolute atomic E-state index is 0.169. The fourth-order valence-corrected chi connectivity index (χ4v) is 3.42. The van der Waals surface area contributed by atoms with E-state index in [4.69, 9.17) is 5.26 Å². The number of rotatable bonds is 6. The first-order chi connectivity index (χ1) is 9.73. The van der Waals surface area contributed by atoms with Crippen LogP contribution in [0.1, 0.15) is 26.7 Å². The van der Waals surface area contributed by atoms with E-state index in [0.29, 0.717) is 0 Å². The van der Waals surface area contributed by atoms with Gasteiger partial charge in [0.05, 0.1) is 11.0 Å². The molecule has 0 fully saturated rings. The second kappa shape index (κ2) is 6.15. The zero-order valence-corrected chi connectivity index (χ0v) is 12.3. The Morgan fingerprint density at radius 1 is 1.43 bits per heavy atom. The molecule has 0 aliphatic carbocycles. The third-order valence-electron chi connectivity index (χ3n) is 3.17. The lowest BCUT2D eigenvalue weighted by molar-refractivity contribution is -0.390. The highest BCUT2D eigenvalue weighted by atomic mass is 32.2. The maximum atomic E-state index is 13.5. The number of hydrogen-bond donors (Lipinski definition) is 1. The zero-order valence-electron chi connectivity index (χ0n) is 11.5. The molecular weight excluding hydrogens is 301 g/mol. The molecule has 1 N–H and O–H groups in total. The highest BCUT2D eigenvalue weighted by Gasteiger charge is 2.36. The third-order valence-corrected chi connectivity index (χ3v) is 4.74. The van der Waals surface area contributed by atoms with E-state index in [-0.39, 0.29) is 12.8 Å². The van der Waals surface area contributed by atoms with Gasteiger partial charge in [-0.3, -0.25) is 10.1 Å². The van der Waals surface area contributed by atoms with Crippen LogP contribution in [0.25, 0.3) is 0 Å². The summed E-state index contributed by atoms with van der Waals surface area (Å²) >= 11 is 0. The van der Waals surface area contributed by atoms with Gasteiger partial charge < -0.3 is 0 Å². The Balaban J connectivity index is 3.44. The summed E-state index contributed by atoms with van der Waals surface area (Å²) in [4.78, 5) is 8.97. The summed E-state index contributed by atoms with van der Waals surface area (Å²) in [5.41, 5.74) is -2.53. The topological polar surface area (TPSA) is 113 Å². The molecule has 114 valence electrons. The minimum Gasteiger partial charge on any atom is -0.258 e. The largest absolute Gasteiger partial charge is 0.324 e. The van der Waals surface area contributed by atoms with Crippen LogP contribution in [0, 0.1) is 27.3 Å². The second-order valence-corrected chi connectivity index (χ2v) is 6.00. The highest BCUT2D eigenvalue weighted by Crippen LogP contribution is 2.28. The predicted octanol–water partition coefficient (Wildman–Crippen LogP) is 2.09. The first-order valence-corrected chi connectivity index (χ1v) is 7.59. The van der Waals surface area contributed by atoms with Gasteiger partial charge in [-0.1, -0.05) is 19.9 Å². The molecule has 0 radical (unpaired) electrons. The summed E-state index contributed by atoms with van der Waals surface area (Å²) in [6.45, 7) is 3.21. The van der Waals surface area contributed by atoms with Gasteiger partial charge in [0.15, 0.2) is 4.90 Å². The third kappa shape index (κ3) is 3.34. The molecule has 0 atom stereocenters. The summed E-state index contributed by atoms with van der Waals surface area (Å²) in [5.74, 6) is -1.25. The van der Waals surface area contributed by atoms with Crippen molar-refractivity contribution in [1.82, 2.24) is 4.72 Å². The number of nitriles is 1. The fourth-order valence-electron chi connectivity index (χ4n) is 1.78. The Morgan fingerprint density at radius 3 is 2.43 bits per heavy atom. The number of nitrogens with one attached hydrogen (secondary N) is 1. The van der Waals surface area contributed by atoms with Gasteiger partial charge in [0, 0.05) is 0 Å². The lowest BCUT2D eigenvalue weighted by atomic mass is 9.97. The second-order valence-electron chi connectivity index (χ2n) is 4.35. The van der Waals surface area contributed by atoms with Crippen molar-refractivity contribution in [1.29, 1.82) is 5.26 Å². The molecule has 1 rings (SSSR count). The molecule has 7 nitrogen and oxygen atoms in total. The number of halogens is 1. The van der Waals surface area contributed by atoms with Crippen LogP contribution in [-0.4, -0.2) is 18.9 Å². The zero-order chi connectivity index (χ0) is 16.3. The van der Waals surface area contributed by atoms with Gasteiger partial charge >= 0.3 is 5.69 Å². The Labute approximate surface area is 121 Å². The van der Waals surface area contributed by atoms with Gasteiger partial charge in [-0.05, 0) is 25.0 Å². The van der Waals surface area contributed by atoms with Gasteiger partial charge in [-0.2, -0.15) is 14.4 Å². The number of sulfonamides is 1. The first kappa shape index (κ1) is 17.0. The maximum absolute atomic E-state index is 13.5. The molecular formula is C12H14FN3O4S. The van der Waals surface area contributed by atoms with Gasteiger partial charge in [0.2, 0.25) is 15.8 Å². The van der Waals surface area contributed by atoms with Crippen molar-refractivity contribution in [2.75, 3.05) is 0 Å². The van der Waals surface area contributed by atoms with E-state index >= 15 is 0 Å². The number of nitrogens with zero attached hydrogens (tertiary/aromatic N) is 2. The van der Waals surface area contributed by atoms with Crippen molar-refractivity contribution in [2.45, 2.75) is 37.1 Å². The quantitative estimate of drug-likeness (QED) is 0.638. The van der Waals surface area contributed by atoms with Gasteiger partial charge in [-0.15, -0.1) is 0 Å². The minimum atomic E-state index is -4.41. The lowest BCUT2D eigenvalue weighted by Gasteiger charge is -2.24. The molecule has 1 aromatic carbocycles. The number of nitro groups is 1. The molecule has 1 aromatic rings. The van der Waals surface area contributed by atoms with Crippen molar-refractivity contribution in [3.05, 3.63) is 34.1 Å². The predicted molar refractivity (Wildman–Crippen MR) is 72.3 cm³/mol. The van der Waals surface area contributed by atoms with E-state index in [9.17, 15) is 22.9 Å². The molecule has 0 unspecified atom stereocenters. The molecule has 0 aliphatic rings. The molecule has 21 heavy (non-hydrogen) atoms. The normalized spacial score (nSPS) is 11.9. The Morgan fingerprint density at radius 2 is 2.00 bits per heavy atom. The van der Waals surface area contributed by atoms with Crippen molar-refractivity contribution in [3.8, 4) is 6.07 Å². The monoisotopic (exact) mass is 315 g/mol. The average molecular weight is 315 g/mol.